The van der Waals surface area contributed by atoms with Crippen molar-refractivity contribution in [1.29, 1.82) is 0 Å². The van der Waals surface area contributed by atoms with Crippen molar-refractivity contribution < 1.29 is 0 Å². The van der Waals surface area contributed by atoms with Crippen LogP contribution in [0.25, 0.3) is 11.4 Å². The fraction of sp³-hybridized carbons (Fsp3) is 0.417. The normalized spacial score (nSPS) is 10.5. The minimum atomic E-state index is 0.671. The molecule has 5 heteroatoms. The Labute approximate surface area is 101 Å². The predicted molar refractivity (Wildman–Crippen MR) is 67.7 cm³/mol. The van der Waals surface area contributed by atoms with Gasteiger partial charge in [0.2, 0.25) is 5.95 Å². The van der Waals surface area contributed by atoms with Crippen LogP contribution >= 0.6 is 0 Å². The highest BCUT2D eigenvalue weighted by Gasteiger charge is 2.05. The Morgan fingerprint density at radius 2 is 1.94 bits per heavy atom. The first-order chi connectivity index (χ1) is 8.35. The van der Waals surface area contributed by atoms with E-state index in [0.717, 1.165) is 30.9 Å². The van der Waals surface area contributed by atoms with E-state index < -0.39 is 0 Å². The van der Waals surface area contributed by atoms with Gasteiger partial charge in [-0.05, 0) is 13.3 Å². The third-order valence-corrected chi connectivity index (χ3v) is 2.50. The number of rotatable bonds is 5. The molecule has 0 aliphatic heterocycles. The van der Waals surface area contributed by atoms with Crippen molar-refractivity contribution in [3.63, 3.8) is 0 Å². The van der Waals surface area contributed by atoms with Gasteiger partial charge in [-0.25, -0.2) is 15.0 Å². The summed E-state index contributed by atoms with van der Waals surface area (Å²) < 4.78 is 2.07. The number of imidazole rings is 1. The maximum Gasteiger partial charge on any atom is 0.222 e. The van der Waals surface area contributed by atoms with Crippen molar-refractivity contribution >= 4 is 5.95 Å². The summed E-state index contributed by atoms with van der Waals surface area (Å²) in [5.74, 6) is 1.58. The SMILES string of the molecule is CCCNc1ncc(-c2nccn2CC)cn1. The van der Waals surface area contributed by atoms with E-state index in [-0.39, 0.29) is 0 Å². The lowest BCUT2D eigenvalue weighted by atomic mass is 10.3. The standard InChI is InChI=1S/C12H17N5/c1-3-5-14-12-15-8-10(9-16-12)11-13-6-7-17(11)4-2/h6-9H,3-5H2,1-2H3,(H,14,15,16). The van der Waals surface area contributed by atoms with Crippen molar-refractivity contribution in [1.82, 2.24) is 19.5 Å². The number of aryl methyl sites for hydroxylation is 1. The third-order valence-electron chi connectivity index (χ3n) is 2.50. The minimum absolute atomic E-state index is 0.671. The monoisotopic (exact) mass is 231 g/mol. The summed E-state index contributed by atoms with van der Waals surface area (Å²) in [5.41, 5.74) is 0.943. The second kappa shape index (κ2) is 5.43. The summed E-state index contributed by atoms with van der Waals surface area (Å²) >= 11 is 0. The van der Waals surface area contributed by atoms with Gasteiger partial charge in [0.1, 0.15) is 5.82 Å². The van der Waals surface area contributed by atoms with Gasteiger partial charge in [-0.2, -0.15) is 0 Å². The Bertz CT molecular complexity index is 460. The molecule has 0 unspecified atom stereocenters. The summed E-state index contributed by atoms with van der Waals surface area (Å²) in [6, 6.07) is 0. The first-order valence-corrected chi connectivity index (χ1v) is 5.92. The molecule has 0 atom stereocenters. The molecule has 0 radical (unpaired) electrons. The number of nitrogens with zero attached hydrogens (tertiary/aromatic N) is 4. The number of anilines is 1. The quantitative estimate of drug-likeness (QED) is 0.857. The lowest BCUT2D eigenvalue weighted by Gasteiger charge is -2.05. The summed E-state index contributed by atoms with van der Waals surface area (Å²) in [6.07, 6.45) is 8.42. The maximum absolute atomic E-state index is 4.31. The molecule has 5 nitrogen and oxygen atoms in total. The molecule has 0 aliphatic carbocycles. The highest BCUT2D eigenvalue weighted by molar-refractivity contribution is 5.53. The van der Waals surface area contributed by atoms with Crippen LogP contribution in [0, 0.1) is 0 Å². The molecule has 0 saturated heterocycles. The fourth-order valence-corrected chi connectivity index (χ4v) is 1.60. The minimum Gasteiger partial charge on any atom is -0.354 e. The summed E-state index contributed by atoms with van der Waals surface area (Å²) in [7, 11) is 0. The molecule has 0 saturated carbocycles. The van der Waals surface area contributed by atoms with E-state index in [9.17, 15) is 0 Å². The van der Waals surface area contributed by atoms with Crippen LogP contribution in [0.15, 0.2) is 24.8 Å². The van der Waals surface area contributed by atoms with Crippen LogP contribution < -0.4 is 5.32 Å². The molecule has 17 heavy (non-hydrogen) atoms. The van der Waals surface area contributed by atoms with E-state index in [1.807, 2.05) is 6.20 Å². The molecular formula is C12H17N5. The van der Waals surface area contributed by atoms with Crippen molar-refractivity contribution in [3.05, 3.63) is 24.8 Å². The zero-order valence-corrected chi connectivity index (χ0v) is 10.2. The Balaban J connectivity index is 2.17. The Morgan fingerprint density at radius 1 is 1.18 bits per heavy atom. The van der Waals surface area contributed by atoms with E-state index in [1.54, 1.807) is 18.6 Å². The van der Waals surface area contributed by atoms with Gasteiger partial charge >= 0.3 is 0 Å². The number of hydrogen-bond acceptors (Lipinski definition) is 4. The van der Waals surface area contributed by atoms with Crippen molar-refractivity contribution in [2.24, 2.45) is 0 Å². The molecule has 90 valence electrons. The molecular weight excluding hydrogens is 214 g/mol. The summed E-state index contributed by atoms with van der Waals surface area (Å²) in [5, 5.41) is 3.15. The Hall–Kier alpha value is -1.91. The molecule has 0 amide bonds. The zero-order chi connectivity index (χ0) is 12.1. The third kappa shape index (κ3) is 2.61. The molecule has 0 spiro atoms. The van der Waals surface area contributed by atoms with Gasteiger partial charge in [-0.3, -0.25) is 0 Å². The van der Waals surface area contributed by atoms with Crippen molar-refractivity contribution in [3.8, 4) is 11.4 Å². The molecule has 0 aliphatic rings. The maximum atomic E-state index is 4.31. The summed E-state index contributed by atoms with van der Waals surface area (Å²) in [6.45, 7) is 5.98. The highest BCUT2D eigenvalue weighted by atomic mass is 15.1. The molecule has 0 fully saturated rings. The molecule has 2 heterocycles. The molecule has 1 N–H and O–H groups in total. The van der Waals surface area contributed by atoms with Gasteiger partial charge in [0, 0.05) is 37.9 Å². The van der Waals surface area contributed by atoms with Crippen LogP contribution in [0.2, 0.25) is 0 Å². The average Bonchev–Trinajstić information content (AvgIpc) is 2.85. The first-order valence-electron chi connectivity index (χ1n) is 5.92. The van der Waals surface area contributed by atoms with Gasteiger partial charge in [0.15, 0.2) is 0 Å². The van der Waals surface area contributed by atoms with Gasteiger partial charge in [0.25, 0.3) is 0 Å². The Kier molecular flexibility index (Phi) is 3.69. The summed E-state index contributed by atoms with van der Waals surface area (Å²) in [4.78, 5) is 12.9. The average molecular weight is 231 g/mol. The van der Waals surface area contributed by atoms with Crippen LogP contribution in [-0.4, -0.2) is 26.1 Å². The molecule has 0 aromatic carbocycles. The molecule has 2 aromatic heterocycles. The lowest BCUT2D eigenvalue weighted by Crippen LogP contribution is -2.04. The highest BCUT2D eigenvalue weighted by Crippen LogP contribution is 2.15. The van der Waals surface area contributed by atoms with E-state index in [1.165, 1.54) is 0 Å². The van der Waals surface area contributed by atoms with E-state index in [0.29, 0.717) is 5.95 Å². The predicted octanol–water partition coefficient (Wildman–Crippen LogP) is 2.18. The lowest BCUT2D eigenvalue weighted by molar-refractivity contribution is 0.770. The van der Waals surface area contributed by atoms with Crippen LogP contribution in [0.1, 0.15) is 20.3 Å². The van der Waals surface area contributed by atoms with Gasteiger partial charge in [-0.1, -0.05) is 6.92 Å². The van der Waals surface area contributed by atoms with Crippen LogP contribution in [0.3, 0.4) is 0 Å². The van der Waals surface area contributed by atoms with E-state index in [4.69, 9.17) is 0 Å². The van der Waals surface area contributed by atoms with Gasteiger partial charge in [-0.15, -0.1) is 0 Å². The fourth-order valence-electron chi connectivity index (χ4n) is 1.60. The van der Waals surface area contributed by atoms with E-state index >= 15 is 0 Å². The second-order valence-corrected chi connectivity index (χ2v) is 3.76. The molecule has 0 bridgehead atoms. The van der Waals surface area contributed by atoms with Gasteiger partial charge < -0.3 is 9.88 Å². The van der Waals surface area contributed by atoms with Crippen LogP contribution in [-0.2, 0) is 6.54 Å². The smallest absolute Gasteiger partial charge is 0.222 e. The number of aromatic nitrogens is 4. The number of nitrogens with one attached hydrogen (secondary N) is 1. The van der Waals surface area contributed by atoms with Crippen LogP contribution in [0.4, 0.5) is 5.95 Å². The van der Waals surface area contributed by atoms with Crippen LogP contribution in [0.5, 0.6) is 0 Å². The second-order valence-electron chi connectivity index (χ2n) is 3.76. The van der Waals surface area contributed by atoms with Gasteiger partial charge in [0.05, 0.1) is 5.56 Å². The van der Waals surface area contributed by atoms with E-state index in [2.05, 4.69) is 38.7 Å². The zero-order valence-electron chi connectivity index (χ0n) is 10.2. The first kappa shape index (κ1) is 11.6. The largest absolute Gasteiger partial charge is 0.354 e. The van der Waals surface area contributed by atoms with Crippen molar-refractivity contribution in [2.45, 2.75) is 26.8 Å². The molecule has 2 aromatic rings. The number of hydrogen-bond donors (Lipinski definition) is 1. The Morgan fingerprint density at radius 3 is 2.59 bits per heavy atom. The topological polar surface area (TPSA) is 55.6 Å². The molecule has 2 rings (SSSR count). The van der Waals surface area contributed by atoms with Crippen molar-refractivity contribution in [2.75, 3.05) is 11.9 Å².